The summed E-state index contributed by atoms with van der Waals surface area (Å²) in [6, 6.07) is 7.44. The molecule has 1 aromatic carbocycles. The van der Waals surface area contributed by atoms with E-state index < -0.39 is 6.43 Å². The van der Waals surface area contributed by atoms with Crippen LogP contribution in [0.1, 0.15) is 38.4 Å². The number of para-hydroxylation sites is 1. The minimum Gasteiger partial charge on any atom is -0.355 e. The van der Waals surface area contributed by atoms with E-state index in [0.29, 0.717) is 16.6 Å². The molecule has 0 aliphatic carbocycles. The lowest BCUT2D eigenvalue weighted by atomic mass is 10.2. The summed E-state index contributed by atoms with van der Waals surface area (Å²) in [6.07, 6.45) is 0.785. The molecule has 23 heavy (non-hydrogen) atoms. The first-order valence-electron chi connectivity index (χ1n) is 8.10. The highest BCUT2D eigenvalue weighted by Gasteiger charge is 2.23. The smallest absolute Gasteiger partial charge is 0.297 e. The topological polar surface area (TPSA) is 29.0 Å². The molecule has 6 heteroatoms. The largest absolute Gasteiger partial charge is 0.355 e. The summed E-state index contributed by atoms with van der Waals surface area (Å²) in [7, 11) is 0. The maximum atomic E-state index is 13.2. The predicted molar refractivity (Wildman–Crippen MR) is 92.5 cm³/mol. The van der Waals surface area contributed by atoms with Crippen LogP contribution < -0.4 is 4.90 Å². The van der Waals surface area contributed by atoms with E-state index in [1.807, 2.05) is 30.0 Å². The second-order valence-corrected chi connectivity index (χ2v) is 7.32. The van der Waals surface area contributed by atoms with Crippen molar-refractivity contribution in [1.29, 1.82) is 0 Å². The van der Waals surface area contributed by atoms with E-state index in [0.717, 1.165) is 30.6 Å². The standard InChI is InChI=1S/C17H21F2N3S/c1-2-23-12-7-5-6-10-22(11-12)17-13-8-3-4-9-14(13)20-16(21-17)15(18)19/h3-4,8-9,12,15H,2,5-7,10-11H2,1H3. The van der Waals surface area contributed by atoms with Crippen molar-refractivity contribution in [2.75, 3.05) is 23.7 Å². The molecule has 1 atom stereocenters. The van der Waals surface area contributed by atoms with Crippen LogP contribution in [0.2, 0.25) is 0 Å². The SMILES string of the molecule is CCSC1CCCCN(c2nc(C(F)F)nc3ccccc23)C1. The van der Waals surface area contributed by atoms with Crippen molar-refractivity contribution in [2.24, 2.45) is 0 Å². The number of nitrogens with zero attached hydrogens (tertiary/aromatic N) is 3. The summed E-state index contributed by atoms with van der Waals surface area (Å²) in [6.45, 7) is 3.89. The Kier molecular flexibility index (Phi) is 5.30. The Balaban J connectivity index is 2.02. The summed E-state index contributed by atoms with van der Waals surface area (Å²) in [5.74, 6) is 1.36. The normalized spacial score (nSPS) is 19.3. The molecular weight excluding hydrogens is 316 g/mol. The second-order valence-electron chi connectivity index (χ2n) is 5.74. The van der Waals surface area contributed by atoms with Crippen molar-refractivity contribution >= 4 is 28.5 Å². The Bertz CT molecular complexity index is 665. The van der Waals surface area contributed by atoms with Crippen molar-refractivity contribution in [3.05, 3.63) is 30.1 Å². The molecular formula is C17H21F2N3S. The number of alkyl halides is 2. The van der Waals surface area contributed by atoms with E-state index in [2.05, 4.69) is 21.8 Å². The number of halogens is 2. The molecule has 1 unspecified atom stereocenters. The molecule has 1 saturated heterocycles. The zero-order valence-electron chi connectivity index (χ0n) is 13.2. The number of hydrogen-bond donors (Lipinski definition) is 0. The van der Waals surface area contributed by atoms with E-state index >= 15 is 0 Å². The summed E-state index contributed by atoms with van der Waals surface area (Å²) < 4.78 is 26.3. The van der Waals surface area contributed by atoms with E-state index in [1.165, 1.54) is 12.8 Å². The molecule has 1 fully saturated rings. The van der Waals surface area contributed by atoms with Gasteiger partial charge in [-0.2, -0.15) is 11.8 Å². The average Bonchev–Trinajstić information content (AvgIpc) is 2.79. The quantitative estimate of drug-likeness (QED) is 0.810. The molecule has 1 aliphatic heterocycles. The van der Waals surface area contributed by atoms with Crippen molar-refractivity contribution in [3.63, 3.8) is 0 Å². The van der Waals surface area contributed by atoms with E-state index in [9.17, 15) is 8.78 Å². The van der Waals surface area contributed by atoms with Gasteiger partial charge in [0.2, 0.25) is 0 Å². The molecule has 0 amide bonds. The van der Waals surface area contributed by atoms with Gasteiger partial charge in [-0.05, 0) is 30.7 Å². The Morgan fingerprint density at radius 3 is 2.87 bits per heavy atom. The number of anilines is 1. The van der Waals surface area contributed by atoms with Gasteiger partial charge in [-0.15, -0.1) is 0 Å². The van der Waals surface area contributed by atoms with Crippen LogP contribution in [0, 0.1) is 0 Å². The second kappa shape index (κ2) is 7.43. The minimum absolute atomic E-state index is 0.373. The molecule has 2 aromatic rings. The fourth-order valence-corrected chi connectivity index (χ4v) is 4.17. The lowest BCUT2D eigenvalue weighted by Crippen LogP contribution is -2.31. The van der Waals surface area contributed by atoms with Crippen LogP contribution in [-0.4, -0.2) is 34.1 Å². The molecule has 0 radical (unpaired) electrons. The molecule has 1 aromatic heterocycles. The molecule has 124 valence electrons. The lowest BCUT2D eigenvalue weighted by molar-refractivity contribution is 0.141. The van der Waals surface area contributed by atoms with Gasteiger partial charge in [-0.1, -0.05) is 25.5 Å². The monoisotopic (exact) mass is 337 g/mol. The Morgan fingerprint density at radius 1 is 1.26 bits per heavy atom. The van der Waals surface area contributed by atoms with Crippen LogP contribution in [0.4, 0.5) is 14.6 Å². The predicted octanol–water partition coefficient (Wildman–Crippen LogP) is 4.68. The molecule has 1 aliphatic rings. The van der Waals surface area contributed by atoms with Crippen LogP contribution >= 0.6 is 11.8 Å². The number of benzene rings is 1. The highest BCUT2D eigenvalue weighted by atomic mass is 32.2. The first-order chi connectivity index (χ1) is 11.2. The number of hydrogen-bond acceptors (Lipinski definition) is 4. The fourth-order valence-electron chi connectivity index (χ4n) is 3.08. The van der Waals surface area contributed by atoms with E-state index in [-0.39, 0.29) is 5.82 Å². The van der Waals surface area contributed by atoms with Crippen molar-refractivity contribution < 1.29 is 8.78 Å². The highest BCUT2D eigenvalue weighted by molar-refractivity contribution is 7.99. The zero-order chi connectivity index (χ0) is 16.2. The van der Waals surface area contributed by atoms with Crippen LogP contribution in [-0.2, 0) is 0 Å². The van der Waals surface area contributed by atoms with E-state index in [4.69, 9.17) is 0 Å². The molecule has 0 N–H and O–H groups in total. The van der Waals surface area contributed by atoms with Crippen LogP contribution in [0.3, 0.4) is 0 Å². The molecule has 2 heterocycles. The fraction of sp³-hybridized carbons (Fsp3) is 0.529. The molecule has 3 nitrogen and oxygen atoms in total. The first kappa shape index (κ1) is 16.4. The summed E-state index contributed by atoms with van der Waals surface area (Å²) >= 11 is 1.95. The van der Waals surface area contributed by atoms with Gasteiger partial charge in [-0.3, -0.25) is 0 Å². The highest BCUT2D eigenvalue weighted by Crippen LogP contribution is 2.30. The van der Waals surface area contributed by atoms with Gasteiger partial charge in [0.15, 0.2) is 5.82 Å². The molecule has 0 spiro atoms. The zero-order valence-corrected chi connectivity index (χ0v) is 14.0. The first-order valence-corrected chi connectivity index (χ1v) is 9.15. The molecule has 3 rings (SSSR count). The number of aromatic nitrogens is 2. The van der Waals surface area contributed by atoms with Gasteiger partial charge >= 0.3 is 0 Å². The third-order valence-corrected chi connectivity index (χ3v) is 5.32. The van der Waals surface area contributed by atoms with Crippen LogP contribution in [0.15, 0.2) is 24.3 Å². The van der Waals surface area contributed by atoms with Crippen molar-refractivity contribution in [3.8, 4) is 0 Å². The Morgan fingerprint density at radius 2 is 2.09 bits per heavy atom. The summed E-state index contributed by atoms with van der Waals surface area (Å²) in [4.78, 5) is 10.4. The molecule has 0 saturated carbocycles. The van der Waals surface area contributed by atoms with Gasteiger partial charge < -0.3 is 4.90 Å². The lowest BCUT2D eigenvalue weighted by Gasteiger charge is -2.26. The summed E-state index contributed by atoms with van der Waals surface area (Å²) in [5.41, 5.74) is 0.594. The Hall–Kier alpha value is -1.43. The number of fused-ring (bicyclic) bond motifs is 1. The third-order valence-electron chi connectivity index (χ3n) is 4.13. The third kappa shape index (κ3) is 3.74. The van der Waals surface area contributed by atoms with Gasteiger partial charge in [0.05, 0.1) is 5.52 Å². The van der Waals surface area contributed by atoms with Crippen molar-refractivity contribution in [2.45, 2.75) is 37.9 Å². The van der Waals surface area contributed by atoms with Crippen LogP contribution in [0.25, 0.3) is 10.9 Å². The van der Waals surface area contributed by atoms with Gasteiger partial charge in [-0.25, -0.2) is 18.7 Å². The van der Waals surface area contributed by atoms with Gasteiger partial charge in [0.1, 0.15) is 5.82 Å². The number of rotatable bonds is 4. The Labute approximate surface area is 139 Å². The van der Waals surface area contributed by atoms with E-state index in [1.54, 1.807) is 6.07 Å². The maximum Gasteiger partial charge on any atom is 0.297 e. The van der Waals surface area contributed by atoms with Gasteiger partial charge in [0, 0.05) is 23.7 Å². The maximum absolute atomic E-state index is 13.2. The van der Waals surface area contributed by atoms with Crippen LogP contribution in [0.5, 0.6) is 0 Å². The molecule has 0 bridgehead atoms. The minimum atomic E-state index is -2.65. The average molecular weight is 337 g/mol. The van der Waals surface area contributed by atoms with Gasteiger partial charge in [0.25, 0.3) is 6.43 Å². The van der Waals surface area contributed by atoms with Crippen molar-refractivity contribution in [1.82, 2.24) is 9.97 Å². The summed E-state index contributed by atoms with van der Waals surface area (Å²) in [5, 5.41) is 1.39. The number of thioether (sulfide) groups is 1.